The number of β-amino-alcohol motifs (C(OH)–C–C–N with tert-alkyl or cyclic N) is 1. The molecule has 2 unspecified atom stereocenters. The number of morpholine rings is 1. The Bertz CT molecular complexity index is 812. The zero-order valence-corrected chi connectivity index (χ0v) is 18.8. The van der Waals surface area contributed by atoms with Crippen LogP contribution >= 0.6 is 0 Å². The van der Waals surface area contributed by atoms with E-state index in [1.165, 1.54) is 24.3 Å². The van der Waals surface area contributed by atoms with E-state index in [1.54, 1.807) is 17.2 Å². The number of halogens is 1. The molecule has 2 aromatic rings. The van der Waals surface area contributed by atoms with E-state index >= 15 is 0 Å². The molecule has 0 radical (unpaired) electrons. The molecule has 0 bridgehead atoms. The normalized spacial score (nSPS) is 18.1. The summed E-state index contributed by atoms with van der Waals surface area (Å²) in [6, 6.07) is 9.25. The summed E-state index contributed by atoms with van der Waals surface area (Å²) in [4.78, 5) is 16.9. The number of benzene rings is 1. The third-order valence-electron chi connectivity index (χ3n) is 5.21. The SMILES string of the molecule is CC(C)CN(CC1CN(CC(O)COCc2ccco2)CCO1)C(=O)c1ccc(F)cc1. The van der Waals surface area contributed by atoms with Crippen LogP contribution in [0, 0.1) is 11.7 Å². The van der Waals surface area contributed by atoms with Crippen LogP contribution in [0.5, 0.6) is 0 Å². The Kier molecular flexibility index (Phi) is 9.23. The maximum atomic E-state index is 13.2. The molecule has 2 heterocycles. The molecule has 7 nitrogen and oxygen atoms in total. The van der Waals surface area contributed by atoms with E-state index in [0.29, 0.717) is 51.5 Å². The number of aliphatic hydroxyl groups is 1. The van der Waals surface area contributed by atoms with Crippen molar-refractivity contribution < 1.29 is 28.2 Å². The minimum absolute atomic E-state index is 0.134. The molecule has 1 saturated heterocycles. The van der Waals surface area contributed by atoms with Crippen LogP contribution in [-0.2, 0) is 16.1 Å². The maximum Gasteiger partial charge on any atom is 0.253 e. The van der Waals surface area contributed by atoms with Crippen molar-refractivity contribution in [2.24, 2.45) is 5.92 Å². The van der Waals surface area contributed by atoms with Crippen LogP contribution in [0.1, 0.15) is 30.0 Å². The molecule has 2 atom stereocenters. The first-order valence-electron chi connectivity index (χ1n) is 11.1. The summed E-state index contributed by atoms with van der Waals surface area (Å²) in [7, 11) is 0. The smallest absolute Gasteiger partial charge is 0.253 e. The van der Waals surface area contributed by atoms with Gasteiger partial charge in [-0.1, -0.05) is 13.8 Å². The van der Waals surface area contributed by atoms with Gasteiger partial charge in [0.05, 0.1) is 31.7 Å². The molecule has 1 fully saturated rings. The van der Waals surface area contributed by atoms with Gasteiger partial charge in [0.15, 0.2) is 0 Å². The van der Waals surface area contributed by atoms with Crippen molar-refractivity contribution in [2.45, 2.75) is 32.7 Å². The minimum Gasteiger partial charge on any atom is -0.467 e. The fourth-order valence-electron chi connectivity index (χ4n) is 3.80. The molecular weight excluding hydrogens is 415 g/mol. The second-order valence-corrected chi connectivity index (χ2v) is 8.61. The molecule has 1 aliphatic rings. The van der Waals surface area contributed by atoms with Gasteiger partial charge < -0.3 is 23.9 Å². The molecule has 32 heavy (non-hydrogen) atoms. The van der Waals surface area contributed by atoms with Crippen LogP contribution in [0.2, 0.25) is 0 Å². The largest absolute Gasteiger partial charge is 0.467 e. The lowest BCUT2D eigenvalue weighted by Gasteiger charge is -2.37. The van der Waals surface area contributed by atoms with Crippen molar-refractivity contribution in [3.63, 3.8) is 0 Å². The van der Waals surface area contributed by atoms with E-state index in [-0.39, 0.29) is 30.4 Å². The number of nitrogens with zero attached hydrogens (tertiary/aromatic N) is 2. The first-order valence-corrected chi connectivity index (χ1v) is 11.1. The first-order chi connectivity index (χ1) is 15.4. The van der Waals surface area contributed by atoms with Crippen LogP contribution in [0.15, 0.2) is 47.1 Å². The topological polar surface area (TPSA) is 75.4 Å². The van der Waals surface area contributed by atoms with Crippen molar-refractivity contribution in [2.75, 3.05) is 45.9 Å². The Morgan fingerprint density at radius 2 is 2.09 bits per heavy atom. The number of amides is 1. The number of hydrogen-bond donors (Lipinski definition) is 1. The highest BCUT2D eigenvalue weighted by Gasteiger charge is 2.27. The Morgan fingerprint density at radius 1 is 1.31 bits per heavy atom. The molecule has 176 valence electrons. The standard InChI is InChI=1S/C24H33FN2O5/c1-18(2)12-27(24(29)19-5-7-20(25)8-6-19)15-23-14-26(9-11-32-23)13-21(28)16-30-17-22-4-3-10-31-22/h3-8,10,18,21,23,28H,9,11-17H2,1-2H3. The molecule has 1 aromatic carbocycles. The maximum absolute atomic E-state index is 13.2. The summed E-state index contributed by atoms with van der Waals surface area (Å²) in [5.74, 6) is 0.507. The van der Waals surface area contributed by atoms with E-state index in [2.05, 4.69) is 18.7 Å². The summed E-state index contributed by atoms with van der Waals surface area (Å²) < 4.78 is 29.9. The quantitative estimate of drug-likeness (QED) is 0.570. The number of rotatable bonds is 11. The number of hydrogen-bond acceptors (Lipinski definition) is 6. The molecular formula is C24H33FN2O5. The van der Waals surface area contributed by atoms with Gasteiger partial charge in [-0.3, -0.25) is 9.69 Å². The molecule has 8 heteroatoms. The number of aliphatic hydroxyl groups excluding tert-OH is 1. The summed E-state index contributed by atoms with van der Waals surface area (Å²) in [6.45, 7) is 7.99. The predicted molar refractivity (Wildman–Crippen MR) is 118 cm³/mol. The van der Waals surface area contributed by atoms with Crippen molar-refractivity contribution in [3.8, 4) is 0 Å². The molecule has 1 N–H and O–H groups in total. The van der Waals surface area contributed by atoms with Gasteiger partial charge in [0, 0.05) is 38.3 Å². The molecule has 0 aliphatic carbocycles. The predicted octanol–water partition coefficient (Wildman–Crippen LogP) is 2.80. The van der Waals surface area contributed by atoms with Crippen LogP contribution in [0.4, 0.5) is 4.39 Å². The summed E-state index contributed by atoms with van der Waals surface area (Å²) in [6.07, 6.45) is 0.798. The summed E-state index contributed by atoms with van der Waals surface area (Å²) in [5.41, 5.74) is 0.462. The number of carbonyl (C=O) groups is 1. The second kappa shape index (κ2) is 12.1. The molecule has 1 aromatic heterocycles. The monoisotopic (exact) mass is 448 g/mol. The lowest BCUT2D eigenvalue weighted by Crippen LogP contribution is -2.51. The highest BCUT2D eigenvalue weighted by molar-refractivity contribution is 5.94. The Hall–Kier alpha value is -2.26. The van der Waals surface area contributed by atoms with Gasteiger partial charge in [0.1, 0.15) is 18.2 Å². The average molecular weight is 449 g/mol. The third-order valence-corrected chi connectivity index (χ3v) is 5.21. The Morgan fingerprint density at radius 3 is 2.78 bits per heavy atom. The molecule has 0 saturated carbocycles. The van der Waals surface area contributed by atoms with Gasteiger partial charge in [0.2, 0.25) is 0 Å². The fraction of sp³-hybridized carbons (Fsp3) is 0.542. The van der Waals surface area contributed by atoms with Crippen LogP contribution in [0.3, 0.4) is 0 Å². The van der Waals surface area contributed by atoms with Gasteiger partial charge in [-0.2, -0.15) is 0 Å². The Balaban J connectivity index is 1.50. The highest BCUT2D eigenvalue weighted by atomic mass is 19.1. The van der Waals surface area contributed by atoms with E-state index in [0.717, 1.165) is 5.76 Å². The number of furan rings is 1. The van der Waals surface area contributed by atoms with Crippen molar-refractivity contribution >= 4 is 5.91 Å². The molecule has 3 rings (SSSR count). The lowest BCUT2D eigenvalue weighted by molar-refractivity contribution is -0.0608. The van der Waals surface area contributed by atoms with Crippen molar-refractivity contribution in [3.05, 3.63) is 59.8 Å². The Labute approximate surface area is 188 Å². The second-order valence-electron chi connectivity index (χ2n) is 8.61. The minimum atomic E-state index is -0.628. The van der Waals surface area contributed by atoms with Crippen molar-refractivity contribution in [1.29, 1.82) is 0 Å². The van der Waals surface area contributed by atoms with E-state index in [1.807, 2.05) is 6.07 Å². The van der Waals surface area contributed by atoms with E-state index < -0.39 is 6.10 Å². The van der Waals surface area contributed by atoms with Gasteiger partial charge >= 0.3 is 0 Å². The van der Waals surface area contributed by atoms with Crippen LogP contribution < -0.4 is 0 Å². The lowest BCUT2D eigenvalue weighted by atomic mass is 10.1. The van der Waals surface area contributed by atoms with E-state index in [4.69, 9.17) is 13.9 Å². The number of carbonyl (C=O) groups excluding carboxylic acids is 1. The summed E-state index contributed by atoms with van der Waals surface area (Å²) in [5, 5.41) is 10.3. The van der Waals surface area contributed by atoms with E-state index in [9.17, 15) is 14.3 Å². The summed E-state index contributed by atoms with van der Waals surface area (Å²) >= 11 is 0. The first kappa shape index (κ1) is 24.4. The van der Waals surface area contributed by atoms with Gasteiger partial charge in [-0.25, -0.2) is 4.39 Å². The van der Waals surface area contributed by atoms with Crippen LogP contribution in [0.25, 0.3) is 0 Å². The zero-order chi connectivity index (χ0) is 22.9. The molecule has 1 amide bonds. The molecule has 0 spiro atoms. The van der Waals surface area contributed by atoms with Gasteiger partial charge in [-0.05, 0) is 42.3 Å². The van der Waals surface area contributed by atoms with Crippen molar-refractivity contribution in [1.82, 2.24) is 9.80 Å². The van der Waals surface area contributed by atoms with Gasteiger partial charge in [-0.15, -0.1) is 0 Å². The van der Waals surface area contributed by atoms with Gasteiger partial charge in [0.25, 0.3) is 5.91 Å². The highest BCUT2D eigenvalue weighted by Crippen LogP contribution is 2.14. The fourth-order valence-corrected chi connectivity index (χ4v) is 3.80. The average Bonchev–Trinajstić information content (AvgIpc) is 3.27. The van der Waals surface area contributed by atoms with Crippen LogP contribution in [-0.4, -0.2) is 79.0 Å². The zero-order valence-electron chi connectivity index (χ0n) is 18.8. The third kappa shape index (κ3) is 7.70. The number of ether oxygens (including phenoxy) is 2. The molecule has 1 aliphatic heterocycles.